The highest BCUT2D eigenvalue weighted by molar-refractivity contribution is 5.35. The first-order valence-corrected chi connectivity index (χ1v) is 7.58. The number of methoxy groups -OCH3 is 1. The van der Waals surface area contributed by atoms with Gasteiger partial charge in [-0.15, -0.1) is 0 Å². The number of nitrogens with zero attached hydrogens (tertiary/aromatic N) is 4. The number of nitriles is 1. The van der Waals surface area contributed by atoms with Gasteiger partial charge < -0.3 is 4.74 Å². The van der Waals surface area contributed by atoms with Gasteiger partial charge in [-0.25, -0.2) is 0 Å². The Bertz CT molecular complexity index is 490. The number of aromatic nitrogens is 1. The van der Waals surface area contributed by atoms with E-state index in [1.54, 1.807) is 7.11 Å². The van der Waals surface area contributed by atoms with Crippen LogP contribution in [0.1, 0.15) is 23.7 Å². The molecule has 5 nitrogen and oxygen atoms in total. The Hall–Kier alpha value is -1.48. The summed E-state index contributed by atoms with van der Waals surface area (Å²) < 4.78 is 5.12. The summed E-state index contributed by atoms with van der Waals surface area (Å²) in [5.74, 6) is 0. The van der Waals surface area contributed by atoms with Crippen molar-refractivity contribution in [3.63, 3.8) is 0 Å². The molecule has 114 valence electrons. The number of rotatable bonds is 6. The fourth-order valence-electron chi connectivity index (χ4n) is 2.65. The molecule has 1 aliphatic heterocycles. The lowest BCUT2D eigenvalue weighted by atomic mass is 10.1. The van der Waals surface area contributed by atoms with E-state index in [9.17, 15) is 5.26 Å². The highest BCUT2D eigenvalue weighted by Crippen LogP contribution is 2.12. The van der Waals surface area contributed by atoms with Crippen LogP contribution in [-0.2, 0) is 17.7 Å². The Kier molecular flexibility index (Phi) is 6.12. The Morgan fingerprint density at radius 1 is 1.29 bits per heavy atom. The third-order valence-corrected chi connectivity index (χ3v) is 3.96. The minimum absolute atomic E-state index is 0.716. The number of ether oxygens (including phenoxy) is 1. The molecule has 2 rings (SSSR count). The molecule has 2 heterocycles. The molecule has 0 N–H and O–H groups in total. The van der Waals surface area contributed by atoms with Crippen molar-refractivity contribution in [1.82, 2.24) is 14.8 Å². The van der Waals surface area contributed by atoms with Gasteiger partial charge in [0.15, 0.2) is 0 Å². The van der Waals surface area contributed by atoms with Crippen molar-refractivity contribution in [3.8, 4) is 6.07 Å². The molecule has 0 saturated carbocycles. The average Bonchev–Trinajstić information content (AvgIpc) is 2.54. The lowest BCUT2D eigenvalue weighted by molar-refractivity contribution is 0.0937. The summed E-state index contributed by atoms with van der Waals surface area (Å²) >= 11 is 0. The minimum atomic E-state index is 0.716. The van der Waals surface area contributed by atoms with Crippen LogP contribution in [0.15, 0.2) is 12.3 Å². The van der Waals surface area contributed by atoms with Crippen molar-refractivity contribution in [2.75, 3.05) is 46.4 Å². The third kappa shape index (κ3) is 4.50. The van der Waals surface area contributed by atoms with Crippen molar-refractivity contribution in [2.45, 2.75) is 19.9 Å². The number of aryl methyl sites for hydroxylation is 1. The molecular formula is C16H24N4O. The second kappa shape index (κ2) is 8.08. The Morgan fingerprint density at radius 2 is 2.00 bits per heavy atom. The van der Waals surface area contributed by atoms with Crippen molar-refractivity contribution < 1.29 is 4.74 Å². The summed E-state index contributed by atoms with van der Waals surface area (Å²) in [7, 11) is 1.75. The van der Waals surface area contributed by atoms with Gasteiger partial charge in [-0.05, 0) is 18.1 Å². The zero-order chi connectivity index (χ0) is 15.1. The van der Waals surface area contributed by atoms with Gasteiger partial charge in [0.2, 0.25) is 0 Å². The highest BCUT2D eigenvalue weighted by Gasteiger charge is 2.17. The maximum absolute atomic E-state index is 9.17. The zero-order valence-electron chi connectivity index (χ0n) is 13.0. The van der Waals surface area contributed by atoms with Crippen molar-refractivity contribution in [1.29, 1.82) is 5.26 Å². The van der Waals surface area contributed by atoms with E-state index in [0.717, 1.165) is 63.6 Å². The van der Waals surface area contributed by atoms with E-state index in [2.05, 4.69) is 20.9 Å². The molecule has 0 atom stereocenters. The van der Waals surface area contributed by atoms with Crippen LogP contribution in [0.3, 0.4) is 0 Å². The quantitative estimate of drug-likeness (QED) is 0.789. The fraction of sp³-hybridized carbons (Fsp3) is 0.625. The van der Waals surface area contributed by atoms with E-state index >= 15 is 0 Å². The van der Waals surface area contributed by atoms with E-state index in [0.29, 0.717) is 5.56 Å². The van der Waals surface area contributed by atoms with Gasteiger partial charge in [-0.3, -0.25) is 14.8 Å². The molecule has 1 aromatic rings. The summed E-state index contributed by atoms with van der Waals surface area (Å²) in [5, 5.41) is 9.17. The predicted molar refractivity (Wildman–Crippen MR) is 81.9 cm³/mol. The van der Waals surface area contributed by atoms with Crippen LogP contribution in [0.25, 0.3) is 0 Å². The number of piperazine rings is 1. The Labute approximate surface area is 127 Å². The molecular weight excluding hydrogens is 264 g/mol. The van der Waals surface area contributed by atoms with Gasteiger partial charge in [-0.1, -0.05) is 6.92 Å². The van der Waals surface area contributed by atoms with Gasteiger partial charge in [-0.2, -0.15) is 5.26 Å². The molecule has 5 heteroatoms. The normalized spacial score (nSPS) is 16.8. The van der Waals surface area contributed by atoms with Crippen LogP contribution in [0.5, 0.6) is 0 Å². The van der Waals surface area contributed by atoms with Gasteiger partial charge in [0.1, 0.15) is 6.07 Å². The molecule has 1 aliphatic rings. The van der Waals surface area contributed by atoms with Gasteiger partial charge in [0.05, 0.1) is 17.9 Å². The smallest absolute Gasteiger partial charge is 0.101 e. The zero-order valence-corrected chi connectivity index (χ0v) is 13.0. The van der Waals surface area contributed by atoms with E-state index in [-0.39, 0.29) is 0 Å². The summed E-state index contributed by atoms with van der Waals surface area (Å²) in [5.41, 5.74) is 2.74. The lowest BCUT2D eigenvalue weighted by Crippen LogP contribution is -2.46. The molecule has 1 aromatic heterocycles. The molecule has 0 aromatic carbocycles. The van der Waals surface area contributed by atoms with Gasteiger partial charge in [0, 0.05) is 52.6 Å². The second-order valence-electron chi connectivity index (χ2n) is 5.41. The number of hydrogen-bond donors (Lipinski definition) is 0. The molecule has 0 aliphatic carbocycles. The second-order valence-corrected chi connectivity index (χ2v) is 5.41. The number of hydrogen-bond acceptors (Lipinski definition) is 5. The molecule has 0 bridgehead atoms. The largest absolute Gasteiger partial charge is 0.383 e. The van der Waals surface area contributed by atoms with E-state index in [1.807, 2.05) is 19.2 Å². The predicted octanol–water partition coefficient (Wildman–Crippen LogP) is 1.28. The van der Waals surface area contributed by atoms with Crippen molar-refractivity contribution >= 4 is 0 Å². The molecule has 0 spiro atoms. The summed E-state index contributed by atoms with van der Waals surface area (Å²) in [6, 6.07) is 4.24. The first-order chi connectivity index (χ1) is 10.3. The molecule has 0 unspecified atom stereocenters. The maximum atomic E-state index is 9.17. The van der Waals surface area contributed by atoms with Gasteiger partial charge >= 0.3 is 0 Å². The average molecular weight is 288 g/mol. The van der Waals surface area contributed by atoms with Crippen LogP contribution >= 0.6 is 0 Å². The lowest BCUT2D eigenvalue weighted by Gasteiger charge is -2.34. The molecule has 1 fully saturated rings. The van der Waals surface area contributed by atoms with E-state index < -0.39 is 0 Å². The Balaban J connectivity index is 1.87. The molecule has 0 radical (unpaired) electrons. The van der Waals surface area contributed by atoms with Crippen molar-refractivity contribution in [3.05, 3.63) is 29.1 Å². The Morgan fingerprint density at radius 3 is 2.62 bits per heavy atom. The first kappa shape index (κ1) is 15.9. The highest BCUT2D eigenvalue weighted by atomic mass is 16.5. The first-order valence-electron chi connectivity index (χ1n) is 7.58. The van der Waals surface area contributed by atoms with Crippen LogP contribution in [0.4, 0.5) is 0 Å². The third-order valence-electron chi connectivity index (χ3n) is 3.96. The summed E-state index contributed by atoms with van der Waals surface area (Å²) in [6.45, 7) is 8.99. The van der Waals surface area contributed by atoms with Gasteiger partial charge in [0.25, 0.3) is 0 Å². The fourth-order valence-corrected chi connectivity index (χ4v) is 2.65. The standard InChI is InChI=1S/C16H24N4O/c1-3-16-15(11-17)10-14(12-18-16)13-20-6-4-19(5-7-20)8-9-21-2/h10,12H,3-9,13H2,1-2H3. The monoisotopic (exact) mass is 288 g/mol. The van der Waals surface area contributed by atoms with E-state index in [1.165, 1.54) is 0 Å². The van der Waals surface area contributed by atoms with Crippen LogP contribution in [0.2, 0.25) is 0 Å². The molecule has 1 saturated heterocycles. The van der Waals surface area contributed by atoms with Crippen LogP contribution < -0.4 is 0 Å². The van der Waals surface area contributed by atoms with E-state index in [4.69, 9.17) is 4.74 Å². The molecule has 21 heavy (non-hydrogen) atoms. The molecule has 0 amide bonds. The van der Waals surface area contributed by atoms with Crippen LogP contribution in [-0.4, -0.2) is 61.2 Å². The SMILES string of the molecule is CCc1ncc(CN2CCN(CCOC)CC2)cc1C#N. The maximum Gasteiger partial charge on any atom is 0.101 e. The number of pyridine rings is 1. The summed E-state index contributed by atoms with van der Waals surface area (Å²) in [6.07, 6.45) is 2.72. The van der Waals surface area contributed by atoms with Crippen molar-refractivity contribution in [2.24, 2.45) is 0 Å². The minimum Gasteiger partial charge on any atom is -0.383 e. The van der Waals surface area contributed by atoms with Crippen LogP contribution in [0, 0.1) is 11.3 Å². The summed E-state index contributed by atoms with van der Waals surface area (Å²) in [4.78, 5) is 9.27. The topological polar surface area (TPSA) is 52.4 Å².